The van der Waals surface area contributed by atoms with Crippen LogP contribution in [0, 0.1) is 6.92 Å². The van der Waals surface area contributed by atoms with Crippen molar-refractivity contribution in [3.63, 3.8) is 0 Å². The van der Waals surface area contributed by atoms with E-state index < -0.39 is 23.3 Å². The number of benzene rings is 1. The average molecular weight is 427 g/mol. The number of aryl methyl sites for hydroxylation is 2. The molecule has 1 aromatic carbocycles. The van der Waals surface area contributed by atoms with Gasteiger partial charge in [-0.2, -0.15) is 28.5 Å². The fraction of sp³-hybridized carbons (Fsp3) is 0.150. The first-order chi connectivity index (χ1) is 14.8. The van der Waals surface area contributed by atoms with E-state index in [9.17, 15) is 18.0 Å². The van der Waals surface area contributed by atoms with E-state index >= 15 is 0 Å². The minimum Gasteiger partial charge on any atom is -0.319 e. The van der Waals surface area contributed by atoms with Gasteiger partial charge in [0.1, 0.15) is 17.0 Å². The highest BCUT2D eigenvalue weighted by Gasteiger charge is 2.42. The molecule has 4 aromatic rings. The van der Waals surface area contributed by atoms with Crippen molar-refractivity contribution in [2.24, 2.45) is 7.05 Å². The normalized spacial score (nSPS) is 11.5. The summed E-state index contributed by atoms with van der Waals surface area (Å²) in [5, 5.41) is 14.4. The zero-order valence-electron chi connectivity index (χ0n) is 16.4. The number of alkyl halides is 3. The molecule has 0 aliphatic carbocycles. The summed E-state index contributed by atoms with van der Waals surface area (Å²) in [6.07, 6.45) is -0.481. The van der Waals surface area contributed by atoms with E-state index in [-0.39, 0.29) is 16.9 Å². The molecule has 0 unspecified atom stereocenters. The van der Waals surface area contributed by atoms with Gasteiger partial charge in [-0.1, -0.05) is 30.3 Å². The van der Waals surface area contributed by atoms with Crippen molar-refractivity contribution in [2.45, 2.75) is 13.1 Å². The number of carbonyl (C=O) groups excluding carboxylic acids is 1. The number of hydrogen-bond donors (Lipinski definition) is 1. The molecule has 1 N–H and O–H groups in total. The lowest BCUT2D eigenvalue weighted by atomic mass is 10.0. The highest BCUT2D eigenvalue weighted by atomic mass is 19.4. The fourth-order valence-electron chi connectivity index (χ4n) is 3.21. The molecule has 31 heavy (non-hydrogen) atoms. The smallest absolute Gasteiger partial charge is 0.319 e. The summed E-state index contributed by atoms with van der Waals surface area (Å²) in [5.41, 5.74) is -0.884. The summed E-state index contributed by atoms with van der Waals surface area (Å²) in [4.78, 5) is 18.3. The van der Waals surface area contributed by atoms with E-state index in [1.54, 1.807) is 31.2 Å². The maximum absolute atomic E-state index is 13.9. The van der Waals surface area contributed by atoms with Crippen molar-refractivity contribution in [3.8, 4) is 17.1 Å². The van der Waals surface area contributed by atoms with Gasteiger partial charge in [0, 0.05) is 12.6 Å². The molecule has 8 nitrogen and oxygen atoms in total. The van der Waals surface area contributed by atoms with Gasteiger partial charge in [0.25, 0.3) is 5.91 Å². The Morgan fingerprint density at radius 1 is 1.10 bits per heavy atom. The monoisotopic (exact) mass is 427 g/mol. The predicted octanol–water partition coefficient (Wildman–Crippen LogP) is 3.64. The van der Waals surface area contributed by atoms with Gasteiger partial charge in [0.2, 0.25) is 0 Å². The van der Waals surface area contributed by atoms with E-state index in [1.807, 2.05) is 0 Å². The summed E-state index contributed by atoms with van der Waals surface area (Å²) in [5.74, 6) is -0.512. The summed E-state index contributed by atoms with van der Waals surface area (Å²) in [6.45, 7) is 1.72. The number of carbonyl (C=O) groups is 1. The predicted molar refractivity (Wildman–Crippen MR) is 105 cm³/mol. The molecule has 1 amide bonds. The maximum Gasteiger partial charge on any atom is 0.420 e. The molecule has 0 aliphatic rings. The van der Waals surface area contributed by atoms with E-state index in [1.165, 1.54) is 42.6 Å². The highest BCUT2D eigenvalue weighted by Crippen LogP contribution is 2.39. The number of nitrogens with one attached hydrogen (secondary N) is 1. The van der Waals surface area contributed by atoms with Crippen molar-refractivity contribution in [1.82, 2.24) is 29.8 Å². The molecule has 0 atom stereocenters. The van der Waals surface area contributed by atoms with Crippen LogP contribution in [0.5, 0.6) is 0 Å². The Morgan fingerprint density at radius 2 is 1.77 bits per heavy atom. The molecule has 4 rings (SSSR count). The average Bonchev–Trinajstić information content (AvgIpc) is 3.36. The largest absolute Gasteiger partial charge is 0.420 e. The van der Waals surface area contributed by atoms with Crippen LogP contribution in [-0.2, 0) is 13.2 Å². The summed E-state index contributed by atoms with van der Waals surface area (Å²) < 4.78 is 42.7. The van der Waals surface area contributed by atoms with Gasteiger partial charge < -0.3 is 5.32 Å². The van der Waals surface area contributed by atoms with Crippen molar-refractivity contribution in [1.29, 1.82) is 0 Å². The summed E-state index contributed by atoms with van der Waals surface area (Å²) in [7, 11) is 1.30. The molecule has 11 heteroatoms. The Hall–Kier alpha value is -4.02. The molecule has 0 bridgehead atoms. The number of nitrogens with zero attached hydrogens (tertiary/aromatic N) is 6. The number of rotatable bonds is 4. The van der Waals surface area contributed by atoms with Gasteiger partial charge in [-0.25, -0.2) is 4.98 Å². The lowest BCUT2D eigenvalue weighted by Gasteiger charge is -2.12. The third kappa shape index (κ3) is 3.89. The number of amides is 1. The zero-order valence-corrected chi connectivity index (χ0v) is 16.4. The van der Waals surface area contributed by atoms with Crippen molar-refractivity contribution < 1.29 is 18.0 Å². The number of halogens is 3. The summed E-state index contributed by atoms with van der Waals surface area (Å²) in [6, 6.07) is 9.49. The lowest BCUT2D eigenvalue weighted by molar-refractivity contribution is -0.137. The quantitative estimate of drug-likeness (QED) is 0.537. The second kappa shape index (κ2) is 7.67. The van der Waals surface area contributed by atoms with E-state index in [0.29, 0.717) is 11.4 Å². The van der Waals surface area contributed by atoms with Crippen molar-refractivity contribution in [3.05, 3.63) is 71.8 Å². The molecule has 158 valence electrons. The van der Waals surface area contributed by atoms with Crippen LogP contribution in [0.3, 0.4) is 0 Å². The Kier molecular flexibility index (Phi) is 5.01. The van der Waals surface area contributed by atoms with Gasteiger partial charge in [0.15, 0.2) is 5.82 Å². The number of hydrogen-bond acceptors (Lipinski definition) is 5. The van der Waals surface area contributed by atoms with Crippen LogP contribution in [0.1, 0.15) is 21.6 Å². The molecule has 3 heterocycles. The SMILES string of the molecule is Cc1cc(NC(=O)c2c(C(F)(F)F)c(-c3ccccc3)nn2C)cnc1-n1nccn1. The first-order valence-corrected chi connectivity index (χ1v) is 9.10. The zero-order chi connectivity index (χ0) is 22.2. The molecule has 0 aliphatic heterocycles. The second-order valence-electron chi connectivity index (χ2n) is 6.70. The topological polar surface area (TPSA) is 90.5 Å². The number of pyridine rings is 1. The van der Waals surface area contributed by atoms with E-state index in [4.69, 9.17) is 0 Å². The molecule has 3 aromatic heterocycles. The molecule has 0 radical (unpaired) electrons. The van der Waals surface area contributed by atoms with Crippen LogP contribution in [0.25, 0.3) is 17.1 Å². The van der Waals surface area contributed by atoms with Gasteiger partial charge in [-0.15, -0.1) is 4.80 Å². The third-order valence-corrected chi connectivity index (χ3v) is 4.51. The lowest BCUT2D eigenvalue weighted by Crippen LogP contribution is -2.21. The standard InChI is InChI=1S/C20H16F3N7O/c1-12-10-14(11-24-18(12)30-25-8-9-26-30)27-19(31)17-15(20(21,22)23)16(28-29(17)2)13-6-4-3-5-7-13/h3-11H,1-2H3,(H,27,31). The van der Waals surface area contributed by atoms with Crippen LogP contribution in [0.2, 0.25) is 0 Å². The number of aromatic nitrogens is 6. The van der Waals surface area contributed by atoms with Gasteiger partial charge in [0.05, 0.1) is 24.3 Å². The van der Waals surface area contributed by atoms with Crippen LogP contribution in [0.4, 0.5) is 18.9 Å². The molecule has 0 saturated carbocycles. The first kappa shape index (κ1) is 20.3. The minimum absolute atomic E-state index is 0.231. The van der Waals surface area contributed by atoms with E-state index in [2.05, 4.69) is 25.6 Å². The highest BCUT2D eigenvalue weighted by molar-refractivity contribution is 6.05. The molecular weight excluding hydrogens is 411 g/mol. The van der Waals surface area contributed by atoms with Gasteiger partial charge >= 0.3 is 6.18 Å². The van der Waals surface area contributed by atoms with Crippen molar-refractivity contribution >= 4 is 11.6 Å². The Morgan fingerprint density at radius 3 is 2.39 bits per heavy atom. The molecular formula is C20H16F3N7O. The van der Waals surface area contributed by atoms with Crippen LogP contribution < -0.4 is 5.32 Å². The van der Waals surface area contributed by atoms with Gasteiger partial charge in [-0.3, -0.25) is 9.48 Å². The Balaban J connectivity index is 1.71. The fourth-order valence-corrected chi connectivity index (χ4v) is 3.21. The molecule has 0 spiro atoms. The van der Waals surface area contributed by atoms with Crippen LogP contribution >= 0.6 is 0 Å². The minimum atomic E-state index is -4.78. The summed E-state index contributed by atoms with van der Waals surface area (Å²) >= 11 is 0. The Labute approximate surface area is 174 Å². The first-order valence-electron chi connectivity index (χ1n) is 9.10. The van der Waals surface area contributed by atoms with Crippen LogP contribution in [0.15, 0.2) is 55.0 Å². The Bertz CT molecular complexity index is 1230. The van der Waals surface area contributed by atoms with E-state index in [0.717, 1.165) is 4.68 Å². The third-order valence-electron chi connectivity index (χ3n) is 4.51. The number of anilines is 1. The van der Waals surface area contributed by atoms with Gasteiger partial charge in [-0.05, 0) is 18.6 Å². The molecule has 0 fully saturated rings. The van der Waals surface area contributed by atoms with Crippen LogP contribution in [-0.4, -0.2) is 35.7 Å². The molecule has 0 saturated heterocycles. The van der Waals surface area contributed by atoms with Crippen molar-refractivity contribution in [2.75, 3.05) is 5.32 Å². The maximum atomic E-state index is 13.9. The second-order valence-corrected chi connectivity index (χ2v) is 6.70.